The van der Waals surface area contributed by atoms with Gasteiger partial charge in [0.05, 0.1) is 30.4 Å². The van der Waals surface area contributed by atoms with Crippen LogP contribution in [0.3, 0.4) is 0 Å². The Morgan fingerprint density at radius 1 is 1.00 bits per heavy atom. The van der Waals surface area contributed by atoms with Gasteiger partial charge in [0.1, 0.15) is 5.82 Å². The predicted octanol–water partition coefficient (Wildman–Crippen LogP) is 2.32. The van der Waals surface area contributed by atoms with Crippen LogP contribution in [0.5, 0.6) is 0 Å². The van der Waals surface area contributed by atoms with Crippen LogP contribution in [-0.2, 0) is 11.3 Å². The lowest BCUT2D eigenvalue weighted by atomic mass is 10.1. The third-order valence-electron chi connectivity index (χ3n) is 4.92. The monoisotopic (exact) mass is 354 g/mol. The minimum Gasteiger partial charge on any atom is -0.378 e. The van der Waals surface area contributed by atoms with E-state index in [0.717, 1.165) is 5.56 Å². The van der Waals surface area contributed by atoms with E-state index in [1.807, 2.05) is 0 Å². The van der Waals surface area contributed by atoms with Gasteiger partial charge in [-0.15, -0.1) is 0 Å². The van der Waals surface area contributed by atoms with Gasteiger partial charge in [-0.25, -0.2) is 4.39 Å². The molecule has 26 heavy (non-hydrogen) atoms. The van der Waals surface area contributed by atoms with E-state index < -0.39 is 0 Å². The lowest BCUT2D eigenvalue weighted by molar-refractivity contribution is -0.0197. The van der Waals surface area contributed by atoms with Gasteiger partial charge < -0.3 is 4.74 Å². The van der Waals surface area contributed by atoms with Crippen molar-refractivity contribution in [2.75, 3.05) is 26.3 Å². The van der Waals surface area contributed by atoms with Crippen LogP contribution in [0.25, 0.3) is 0 Å². The second-order valence-electron chi connectivity index (χ2n) is 6.59. The van der Waals surface area contributed by atoms with E-state index in [4.69, 9.17) is 4.74 Å². The molecule has 0 bridgehead atoms. The first kappa shape index (κ1) is 16.9. The van der Waals surface area contributed by atoms with E-state index >= 15 is 0 Å². The molecule has 5 nitrogen and oxygen atoms in total. The van der Waals surface area contributed by atoms with Gasteiger partial charge in [0.25, 0.3) is 11.8 Å². The van der Waals surface area contributed by atoms with Crippen LogP contribution in [0.2, 0.25) is 0 Å². The number of hydrogen-bond donors (Lipinski definition) is 0. The van der Waals surface area contributed by atoms with E-state index in [1.54, 1.807) is 36.4 Å². The highest BCUT2D eigenvalue weighted by Gasteiger charge is 2.38. The molecule has 1 fully saturated rings. The first-order chi connectivity index (χ1) is 12.6. The fourth-order valence-corrected chi connectivity index (χ4v) is 3.51. The maximum Gasteiger partial charge on any atom is 0.261 e. The van der Waals surface area contributed by atoms with Crippen LogP contribution in [0.1, 0.15) is 26.3 Å². The van der Waals surface area contributed by atoms with Gasteiger partial charge in [-0.1, -0.05) is 24.3 Å². The number of rotatable bonds is 4. The summed E-state index contributed by atoms with van der Waals surface area (Å²) in [6, 6.07) is 13.2. The molecule has 0 spiro atoms. The second-order valence-corrected chi connectivity index (χ2v) is 6.59. The molecular formula is C20H19FN2O3. The molecule has 6 heteroatoms. The Bertz CT molecular complexity index is 802. The molecule has 0 aromatic heterocycles. The van der Waals surface area contributed by atoms with Gasteiger partial charge in [0.2, 0.25) is 0 Å². The first-order valence-corrected chi connectivity index (χ1v) is 8.65. The molecule has 0 N–H and O–H groups in total. The number of benzene rings is 2. The molecule has 1 atom stereocenters. The largest absolute Gasteiger partial charge is 0.378 e. The summed E-state index contributed by atoms with van der Waals surface area (Å²) in [6.45, 7) is 2.66. The molecule has 2 aromatic carbocycles. The Morgan fingerprint density at radius 2 is 1.65 bits per heavy atom. The molecular weight excluding hydrogens is 335 g/mol. The van der Waals surface area contributed by atoms with Crippen molar-refractivity contribution in [3.63, 3.8) is 0 Å². The number of amides is 2. The van der Waals surface area contributed by atoms with Crippen LogP contribution in [0, 0.1) is 5.82 Å². The summed E-state index contributed by atoms with van der Waals surface area (Å²) in [5.74, 6) is -0.769. The van der Waals surface area contributed by atoms with Crippen molar-refractivity contribution in [2.45, 2.75) is 12.6 Å². The Morgan fingerprint density at radius 3 is 2.31 bits per heavy atom. The number of fused-ring (bicyclic) bond motifs is 1. The minimum absolute atomic E-state index is 0.0870. The van der Waals surface area contributed by atoms with Gasteiger partial charge in [-0.2, -0.15) is 0 Å². The van der Waals surface area contributed by atoms with E-state index in [2.05, 4.69) is 4.90 Å². The van der Waals surface area contributed by atoms with Crippen molar-refractivity contribution in [3.05, 3.63) is 71.0 Å². The summed E-state index contributed by atoms with van der Waals surface area (Å²) in [6.07, 6.45) is 0. The van der Waals surface area contributed by atoms with Crippen molar-refractivity contribution < 1.29 is 18.7 Å². The van der Waals surface area contributed by atoms with Crippen molar-refractivity contribution >= 4 is 11.8 Å². The van der Waals surface area contributed by atoms with Crippen molar-refractivity contribution in [3.8, 4) is 0 Å². The van der Waals surface area contributed by atoms with Crippen LogP contribution < -0.4 is 0 Å². The highest BCUT2D eigenvalue weighted by Crippen LogP contribution is 2.24. The molecule has 1 unspecified atom stereocenters. The fourth-order valence-electron chi connectivity index (χ4n) is 3.51. The van der Waals surface area contributed by atoms with Crippen LogP contribution in [0.4, 0.5) is 4.39 Å². The van der Waals surface area contributed by atoms with Crippen molar-refractivity contribution in [1.29, 1.82) is 0 Å². The maximum absolute atomic E-state index is 13.1. The molecule has 4 rings (SSSR count). The molecule has 0 saturated carbocycles. The van der Waals surface area contributed by atoms with Gasteiger partial charge in [-0.3, -0.25) is 19.4 Å². The predicted molar refractivity (Wildman–Crippen MR) is 93.2 cm³/mol. The minimum atomic E-state index is -0.265. The lowest BCUT2D eigenvalue weighted by Gasteiger charge is -2.37. The number of carbonyl (C=O) groups excluding carboxylic acids is 2. The molecule has 2 heterocycles. The Kier molecular flexibility index (Phi) is 4.53. The third kappa shape index (κ3) is 3.13. The number of nitrogens with zero attached hydrogens (tertiary/aromatic N) is 2. The second kappa shape index (κ2) is 6.97. The van der Waals surface area contributed by atoms with E-state index in [0.29, 0.717) is 37.4 Å². The first-order valence-electron chi connectivity index (χ1n) is 8.65. The van der Waals surface area contributed by atoms with Gasteiger partial charge in [0, 0.05) is 19.6 Å². The number of ether oxygens (including phenoxy) is 1. The molecule has 0 radical (unpaired) electrons. The van der Waals surface area contributed by atoms with Crippen molar-refractivity contribution in [2.24, 2.45) is 0 Å². The number of halogens is 1. The zero-order valence-electron chi connectivity index (χ0n) is 14.2. The SMILES string of the molecule is O=C1c2ccccc2C(=O)N1CC1COCCN1Cc1ccc(F)cc1. The summed E-state index contributed by atoms with van der Waals surface area (Å²) < 4.78 is 18.7. The van der Waals surface area contributed by atoms with Gasteiger partial charge in [0.15, 0.2) is 0 Å². The van der Waals surface area contributed by atoms with Gasteiger partial charge in [-0.05, 0) is 29.8 Å². The summed E-state index contributed by atoms with van der Waals surface area (Å²) in [7, 11) is 0. The summed E-state index contributed by atoms with van der Waals surface area (Å²) in [5, 5.41) is 0. The Balaban J connectivity index is 1.50. The number of morpholine rings is 1. The van der Waals surface area contributed by atoms with E-state index in [-0.39, 0.29) is 30.2 Å². The highest BCUT2D eigenvalue weighted by atomic mass is 19.1. The normalized spacial score (nSPS) is 20.5. The summed E-state index contributed by atoms with van der Waals surface area (Å²) in [4.78, 5) is 28.7. The maximum atomic E-state index is 13.1. The standard InChI is InChI=1S/C20H19FN2O3/c21-15-7-5-14(6-8-15)11-22-9-10-26-13-16(22)12-23-19(24)17-3-1-2-4-18(17)20(23)25/h1-8,16H,9-13H2. The van der Waals surface area contributed by atoms with Crippen LogP contribution in [-0.4, -0.2) is 54.0 Å². The molecule has 0 aliphatic carbocycles. The quantitative estimate of drug-likeness (QED) is 0.791. The van der Waals surface area contributed by atoms with E-state index in [1.165, 1.54) is 17.0 Å². The Hall–Kier alpha value is -2.57. The zero-order chi connectivity index (χ0) is 18.1. The fraction of sp³-hybridized carbons (Fsp3) is 0.300. The molecule has 1 saturated heterocycles. The van der Waals surface area contributed by atoms with Crippen LogP contribution >= 0.6 is 0 Å². The number of carbonyl (C=O) groups is 2. The average Bonchev–Trinajstić information content (AvgIpc) is 2.90. The van der Waals surface area contributed by atoms with E-state index in [9.17, 15) is 14.0 Å². The topological polar surface area (TPSA) is 49.9 Å². The number of imide groups is 1. The van der Waals surface area contributed by atoms with Crippen LogP contribution in [0.15, 0.2) is 48.5 Å². The molecule has 2 aromatic rings. The third-order valence-corrected chi connectivity index (χ3v) is 4.92. The summed E-state index contributed by atoms with van der Waals surface area (Å²) >= 11 is 0. The summed E-state index contributed by atoms with van der Waals surface area (Å²) in [5.41, 5.74) is 1.90. The number of hydrogen-bond acceptors (Lipinski definition) is 4. The average molecular weight is 354 g/mol. The highest BCUT2D eigenvalue weighted by molar-refractivity contribution is 6.21. The molecule has 2 aliphatic rings. The zero-order valence-corrected chi connectivity index (χ0v) is 14.2. The Labute approximate surface area is 151 Å². The molecule has 2 amide bonds. The lowest BCUT2D eigenvalue weighted by Crippen LogP contribution is -2.51. The van der Waals surface area contributed by atoms with Crippen molar-refractivity contribution in [1.82, 2.24) is 9.80 Å². The smallest absolute Gasteiger partial charge is 0.261 e. The van der Waals surface area contributed by atoms with Gasteiger partial charge >= 0.3 is 0 Å². The molecule has 134 valence electrons. The molecule has 2 aliphatic heterocycles.